The molecule has 0 spiro atoms. The summed E-state index contributed by atoms with van der Waals surface area (Å²) in [7, 11) is 0. The lowest BCUT2D eigenvalue weighted by atomic mass is 10.0. The third-order valence-corrected chi connectivity index (χ3v) is 4.99. The van der Waals surface area contributed by atoms with Crippen molar-refractivity contribution in [3.63, 3.8) is 0 Å². The van der Waals surface area contributed by atoms with Crippen molar-refractivity contribution >= 4 is 43.8 Å². The molecule has 0 saturated heterocycles. The van der Waals surface area contributed by atoms with Crippen molar-refractivity contribution in [3.05, 3.63) is 80.8 Å². The highest BCUT2D eigenvalue weighted by Crippen LogP contribution is 2.27. The van der Waals surface area contributed by atoms with E-state index in [2.05, 4.69) is 26.0 Å². The molecule has 0 saturated carbocycles. The van der Waals surface area contributed by atoms with E-state index in [-0.39, 0.29) is 12.2 Å². The summed E-state index contributed by atoms with van der Waals surface area (Å²) >= 11 is 3.39. The zero-order valence-electron chi connectivity index (χ0n) is 15.5. The summed E-state index contributed by atoms with van der Waals surface area (Å²) in [6.07, 6.45) is 1.58. The van der Waals surface area contributed by atoms with E-state index >= 15 is 0 Å². The molecule has 0 aliphatic rings. The van der Waals surface area contributed by atoms with Crippen molar-refractivity contribution in [1.82, 2.24) is 9.66 Å². The van der Waals surface area contributed by atoms with Crippen LogP contribution in [0, 0.1) is 18.3 Å². The largest absolute Gasteiger partial charge is 0.478 e. The van der Waals surface area contributed by atoms with E-state index in [1.54, 1.807) is 31.3 Å². The first kappa shape index (κ1) is 18.8. The van der Waals surface area contributed by atoms with E-state index in [1.165, 1.54) is 4.68 Å². The van der Waals surface area contributed by atoms with E-state index < -0.39 is 0 Å². The van der Waals surface area contributed by atoms with Crippen LogP contribution in [0.4, 0.5) is 0 Å². The summed E-state index contributed by atoms with van der Waals surface area (Å²) in [5.74, 6) is 0.997. The number of halogens is 1. The number of ether oxygens (including phenoxy) is 1. The summed E-state index contributed by atoms with van der Waals surface area (Å²) < 4.78 is 7.63. The molecule has 0 N–H and O–H groups in total. The first-order chi connectivity index (χ1) is 14.1. The smallest absolute Gasteiger partial charge is 0.282 e. The zero-order valence-corrected chi connectivity index (χ0v) is 17.0. The Morgan fingerprint density at radius 2 is 2.03 bits per heavy atom. The van der Waals surface area contributed by atoms with E-state index in [0.717, 1.165) is 15.2 Å². The molecule has 0 aliphatic carbocycles. The minimum Gasteiger partial charge on any atom is -0.478 e. The van der Waals surface area contributed by atoms with Crippen molar-refractivity contribution < 1.29 is 4.74 Å². The van der Waals surface area contributed by atoms with Crippen molar-refractivity contribution in [2.45, 2.75) is 6.92 Å². The molecule has 4 rings (SSSR count). The Morgan fingerprint density at radius 1 is 1.21 bits per heavy atom. The maximum Gasteiger partial charge on any atom is 0.282 e. The molecule has 0 amide bonds. The lowest BCUT2D eigenvalue weighted by molar-refractivity contribution is 0.368. The van der Waals surface area contributed by atoms with Gasteiger partial charge in [-0.25, -0.2) is 4.98 Å². The van der Waals surface area contributed by atoms with Gasteiger partial charge in [0.2, 0.25) is 0 Å². The second-order valence-electron chi connectivity index (χ2n) is 6.33. The molecule has 7 heteroatoms. The minimum atomic E-state index is -0.259. The van der Waals surface area contributed by atoms with Crippen molar-refractivity contribution in [3.8, 4) is 11.8 Å². The number of rotatable bonds is 4. The number of hydrogen-bond donors (Lipinski definition) is 0. The second-order valence-corrected chi connectivity index (χ2v) is 7.24. The van der Waals surface area contributed by atoms with Gasteiger partial charge in [-0.3, -0.25) is 4.79 Å². The molecule has 4 aromatic rings. The van der Waals surface area contributed by atoms with Crippen molar-refractivity contribution in [2.75, 3.05) is 6.61 Å². The maximum atomic E-state index is 13.0. The minimum absolute atomic E-state index is 0.0796. The quantitative estimate of drug-likeness (QED) is 0.435. The van der Waals surface area contributed by atoms with Crippen LogP contribution in [0.15, 0.2) is 69.0 Å². The van der Waals surface area contributed by atoms with Gasteiger partial charge in [0.25, 0.3) is 5.56 Å². The van der Waals surface area contributed by atoms with E-state index in [0.29, 0.717) is 28.0 Å². The molecule has 0 atom stereocenters. The molecule has 142 valence electrons. The molecule has 0 bridgehead atoms. The predicted octanol–water partition coefficient (Wildman–Crippen LogP) is 4.41. The number of benzene rings is 3. The molecule has 0 radical (unpaired) electrons. The maximum absolute atomic E-state index is 13.0. The van der Waals surface area contributed by atoms with Crippen LogP contribution >= 0.6 is 15.9 Å². The van der Waals surface area contributed by atoms with Gasteiger partial charge >= 0.3 is 0 Å². The standard InChI is InChI=1S/C22H15BrN4O2/c1-14-26-20-8-7-16(23)12-18(20)22(28)27(14)25-13-19-17-5-3-2-4-15(17)6-9-21(19)29-11-10-24/h2-9,12-13H,11H2,1H3. The van der Waals surface area contributed by atoms with Gasteiger partial charge in [-0.15, -0.1) is 0 Å². The molecule has 1 aromatic heterocycles. The van der Waals surface area contributed by atoms with Gasteiger partial charge in [0.1, 0.15) is 17.6 Å². The second kappa shape index (κ2) is 7.86. The van der Waals surface area contributed by atoms with Crippen LogP contribution in [0.25, 0.3) is 21.7 Å². The molecule has 6 nitrogen and oxygen atoms in total. The van der Waals surface area contributed by atoms with Crippen LogP contribution in [-0.4, -0.2) is 22.5 Å². The van der Waals surface area contributed by atoms with Crippen LogP contribution in [0.5, 0.6) is 5.75 Å². The highest BCUT2D eigenvalue weighted by Gasteiger charge is 2.10. The molecule has 1 heterocycles. The van der Waals surface area contributed by atoms with Crippen LogP contribution in [0.1, 0.15) is 11.4 Å². The molecule has 0 fully saturated rings. The Labute approximate surface area is 174 Å². The Bertz CT molecular complexity index is 1370. The average molecular weight is 447 g/mol. The fraction of sp³-hybridized carbons (Fsp3) is 0.0909. The molecule has 29 heavy (non-hydrogen) atoms. The third kappa shape index (κ3) is 3.62. The molecule has 3 aromatic carbocycles. The summed E-state index contributed by atoms with van der Waals surface area (Å²) in [6.45, 7) is 1.65. The normalized spacial score (nSPS) is 11.2. The fourth-order valence-corrected chi connectivity index (χ4v) is 3.52. The molecule has 0 aliphatic heterocycles. The van der Waals surface area contributed by atoms with E-state index in [1.807, 2.05) is 42.5 Å². The monoisotopic (exact) mass is 446 g/mol. The van der Waals surface area contributed by atoms with Gasteiger partial charge in [-0.1, -0.05) is 46.3 Å². The highest BCUT2D eigenvalue weighted by molar-refractivity contribution is 9.10. The fourth-order valence-electron chi connectivity index (χ4n) is 3.16. The Hall–Kier alpha value is -3.50. The number of nitrogens with zero attached hydrogens (tertiary/aromatic N) is 4. The number of aryl methyl sites for hydroxylation is 1. The van der Waals surface area contributed by atoms with Crippen molar-refractivity contribution in [1.29, 1.82) is 5.26 Å². The first-order valence-corrected chi connectivity index (χ1v) is 9.62. The van der Waals surface area contributed by atoms with Gasteiger partial charge in [-0.2, -0.15) is 15.0 Å². The number of nitriles is 1. The zero-order chi connectivity index (χ0) is 20.4. The predicted molar refractivity (Wildman–Crippen MR) is 116 cm³/mol. The van der Waals surface area contributed by atoms with Crippen LogP contribution < -0.4 is 10.3 Å². The number of hydrogen-bond acceptors (Lipinski definition) is 5. The highest BCUT2D eigenvalue weighted by atomic mass is 79.9. The van der Waals surface area contributed by atoms with E-state index in [9.17, 15) is 4.79 Å². The van der Waals surface area contributed by atoms with Gasteiger partial charge in [0.15, 0.2) is 6.61 Å². The molecule has 0 unspecified atom stereocenters. The topological polar surface area (TPSA) is 80.3 Å². The van der Waals surface area contributed by atoms with E-state index in [4.69, 9.17) is 10.00 Å². The lowest BCUT2D eigenvalue weighted by Gasteiger charge is -2.10. The van der Waals surface area contributed by atoms with Gasteiger partial charge in [0, 0.05) is 10.0 Å². The Morgan fingerprint density at radius 3 is 2.86 bits per heavy atom. The summed E-state index contributed by atoms with van der Waals surface area (Å²) in [4.78, 5) is 17.4. The third-order valence-electron chi connectivity index (χ3n) is 4.50. The van der Waals surface area contributed by atoms with Crippen LogP contribution in [-0.2, 0) is 0 Å². The Kier molecular flexibility index (Phi) is 5.10. The SMILES string of the molecule is Cc1nc2ccc(Br)cc2c(=O)n1N=Cc1c(OCC#N)ccc2ccccc12. The number of fused-ring (bicyclic) bond motifs is 2. The molecular formula is C22H15BrN4O2. The van der Waals surface area contributed by atoms with Gasteiger partial charge in [0.05, 0.1) is 17.1 Å². The first-order valence-electron chi connectivity index (χ1n) is 8.83. The average Bonchev–Trinajstić information content (AvgIpc) is 2.73. The number of aromatic nitrogens is 2. The lowest BCUT2D eigenvalue weighted by Crippen LogP contribution is -2.20. The van der Waals surface area contributed by atoms with Gasteiger partial charge in [-0.05, 0) is 42.0 Å². The van der Waals surface area contributed by atoms with Crippen LogP contribution in [0.3, 0.4) is 0 Å². The van der Waals surface area contributed by atoms with Crippen molar-refractivity contribution in [2.24, 2.45) is 5.10 Å². The van der Waals surface area contributed by atoms with Gasteiger partial charge < -0.3 is 4.74 Å². The van der Waals surface area contributed by atoms with Crippen LogP contribution in [0.2, 0.25) is 0 Å². The summed E-state index contributed by atoms with van der Waals surface area (Å²) in [6, 6.07) is 18.8. The Balaban J connectivity index is 1.89. The summed E-state index contributed by atoms with van der Waals surface area (Å²) in [5.41, 5.74) is 1.05. The summed E-state index contributed by atoms with van der Waals surface area (Å²) in [5, 5.41) is 15.7. The molecular weight excluding hydrogens is 432 g/mol.